The molecule has 0 atom stereocenters. The molecular weight excluding hydrogens is 314 g/mol. The maximum Gasteiger partial charge on any atom is 0.305 e. The largest absolute Gasteiger partial charge is 0.469 e. The van der Waals surface area contributed by atoms with Crippen molar-refractivity contribution in [3.63, 3.8) is 0 Å². The van der Waals surface area contributed by atoms with E-state index < -0.39 is 0 Å². The first-order valence-electron chi connectivity index (χ1n) is 7.10. The average Bonchev–Trinajstić information content (AvgIpc) is 3.01. The van der Waals surface area contributed by atoms with Crippen LogP contribution in [0.2, 0.25) is 0 Å². The van der Waals surface area contributed by atoms with Crippen molar-refractivity contribution < 1.29 is 14.3 Å². The smallest absolute Gasteiger partial charge is 0.305 e. The molecule has 23 heavy (non-hydrogen) atoms. The number of amides is 1. The van der Waals surface area contributed by atoms with Crippen LogP contribution in [0.1, 0.15) is 29.8 Å². The third-order valence-corrected chi connectivity index (χ3v) is 3.72. The number of aromatic nitrogens is 2. The molecule has 1 amide bonds. The third kappa shape index (κ3) is 5.99. The molecule has 7 heteroatoms. The summed E-state index contributed by atoms with van der Waals surface area (Å²) >= 11 is 1.29. The average molecular weight is 331 g/mol. The number of carbonyl (C=O) groups is 2. The molecular formula is C16H17N3O3S. The molecule has 0 bridgehead atoms. The maximum absolute atomic E-state index is 11.7. The summed E-state index contributed by atoms with van der Waals surface area (Å²) in [6.45, 7) is 0. The van der Waals surface area contributed by atoms with E-state index in [-0.39, 0.29) is 24.7 Å². The molecule has 0 fully saturated rings. The molecule has 0 aliphatic heterocycles. The first kappa shape index (κ1) is 16.8. The van der Waals surface area contributed by atoms with Crippen LogP contribution in [0, 0.1) is 0 Å². The fourth-order valence-electron chi connectivity index (χ4n) is 1.76. The monoisotopic (exact) mass is 331 g/mol. The van der Waals surface area contributed by atoms with Crippen molar-refractivity contribution in [2.24, 2.45) is 0 Å². The summed E-state index contributed by atoms with van der Waals surface area (Å²) < 4.78 is 4.52. The highest BCUT2D eigenvalue weighted by molar-refractivity contribution is 7.16. The first-order valence-corrected chi connectivity index (χ1v) is 7.92. The molecule has 6 nitrogen and oxygen atoms in total. The second kappa shape index (κ2) is 8.79. The maximum atomic E-state index is 11.7. The lowest BCUT2D eigenvalue weighted by Gasteiger charge is -2.00. The zero-order valence-corrected chi connectivity index (χ0v) is 13.5. The van der Waals surface area contributed by atoms with Crippen molar-refractivity contribution >= 4 is 40.5 Å². The van der Waals surface area contributed by atoms with E-state index in [1.54, 1.807) is 0 Å². The molecule has 2 rings (SSSR count). The number of carbonyl (C=O) groups excluding carboxylic acids is 2. The Bertz CT molecular complexity index is 683. The summed E-state index contributed by atoms with van der Waals surface area (Å²) in [6, 6.07) is 9.85. The third-order valence-electron chi connectivity index (χ3n) is 2.92. The van der Waals surface area contributed by atoms with Gasteiger partial charge in [0.25, 0.3) is 0 Å². The number of nitrogens with one attached hydrogen (secondary N) is 1. The van der Waals surface area contributed by atoms with Crippen LogP contribution in [0.4, 0.5) is 5.13 Å². The molecule has 1 N–H and O–H groups in total. The summed E-state index contributed by atoms with van der Waals surface area (Å²) in [5.74, 6) is -0.509. The highest BCUT2D eigenvalue weighted by Crippen LogP contribution is 2.18. The minimum atomic E-state index is -0.318. The van der Waals surface area contributed by atoms with Crippen LogP contribution in [-0.4, -0.2) is 29.2 Å². The molecule has 0 radical (unpaired) electrons. The number of methoxy groups -OCH3 is 1. The summed E-state index contributed by atoms with van der Waals surface area (Å²) in [5.41, 5.74) is 1.07. The lowest BCUT2D eigenvalue weighted by molar-refractivity contribution is -0.140. The Morgan fingerprint density at radius 3 is 2.70 bits per heavy atom. The second-order valence-electron chi connectivity index (χ2n) is 4.67. The van der Waals surface area contributed by atoms with Gasteiger partial charge in [-0.25, -0.2) is 0 Å². The van der Waals surface area contributed by atoms with Gasteiger partial charge in [0, 0.05) is 12.8 Å². The van der Waals surface area contributed by atoms with Crippen LogP contribution in [0.5, 0.6) is 0 Å². The topological polar surface area (TPSA) is 81.2 Å². The van der Waals surface area contributed by atoms with E-state index >= 15 is 0 Å². The van der Waals surface area contributed by atoms with E-state index in [4.69, 9.17) is 0 Å². The Kier molecular flexibility index (Phi) is 6.43. The van der Waals surface area contributed by atoms with E-state index in [0.717, 1.165) is 5.56 Å². The van der Waals surface area contributed by atoms with Crippen molar-refractivity contribution in [3.8, 4) is 0 Å². The molecule has 0 aliphatic carbocycles. The van der Waals surface area contributed by atoms with Gasteiger partial charge >= 0.3 is 5.97 Å². The molecule has 0 aliphatic rings. The molecule has 0 saturated heterocycles. The van der Waals surface area contributed by atoms with Crippen molar-refractivity contribution in [3.05, 3.63) is 40.9 Å². The number of anilines is 1. The lowest BCUT2D eigenvalue weighted by Crippen LogP contribution is -2.12. The fraction of sp³-hybridized carbons (Fsp3) is 0.250. The number of benzene rings is 1. The summed E-state index contributed by atoms with van der Waals surface area (Å²) in [7, 11) is 1.33. The van der Waals surface area contributed by atoms with Crippen LogP contribution in [0.15, 0.2) is 30.3 Å². The number of ether oxygens (including phenoxy) is 1. The molecule has 0 spiro atoms. The van der Waals surface area contributed by atoms with Crippen LogP contribution in [0.3, 0.4) is 0 Å². The van der Waals surface area contributed by atoms with Crippen molar-refractivity contribution in [2.75, 3.05) is 12.4 Å². The molecule has 0 unspecified atom stereocenters. The van der Waals surface area contributed by atoms with Crippen molar-refractivity contribution in [2.45, 2.75) is 19.3 Å². The Labute approximate surface area is 138 Å². The van der Waals surface area contributed by atoms with Crippen molar-refractivity contribution in [1.29, 1.82) is 0 Å². The van der Waals surface area contributed by atoms with E-state index in [1.165, 1.54) is 18.4 Å². The number of esters is 1. The number of nitrogens with zero attached hydrogens (tertiary/aromatic N) is 2. The number of hydrogen-bond acceptors (Lipinski definition) is 6. The number of rotatable bonds is 7. The van der Waals surface area contributed by atoms with E-state index in [9.17, 15) is 9.59 Å². The normalized spacial score (nSPS) is 10.7. The van der Waals surface area contributed by atoms with Crippen LogP contribution in [0.25, 0.3) is 12.2 Å². The van der Waals surface area contributed by atoms with Gasteiger partial charge in [-0.3, -0.25) is 9.59 Å². The second-order valence-corrected chi connectivity index (χ2v) is 5.68. The van der Waals surface area contributed by atoms with Crippen LogP contribution >= 0.6 is 11.3 Å². The first-order chi connectivity index (χ1) is 11.2. The highest BCUT2D eigenvalue weighted by Gasteiger charge is 2.08. The zero-order chi connectivity index (χ0) is 16.5. The van der Waals surface area contributed by atoms with Gasteiger partial charge in [0.05, 0.1) is 7.11 Å². The Hall–Kier alpha value is -2.54. The van der Waals surface area contributed by atoms with Gasteiger partial charge in [0.1, 0.15) is 5.01 Å². The number of hydrogen-bond donors (Lipinski definition) is 1. The quantitative estimate of drug-likeness (QED) is 0.789. The Morgan fingerprint density at radius 1 is 1.17 bits per heavy atom. The van der Waals surface area contributed by atoms with E-state index in [1.807, 2.05) is 42.5 Å². The van der Waals surface area contributed by atoms with Gasteiger partial charge in [-0.15, -0.1) is 10.2 Å². The summed E-state index contributed by atoms with van der Waals surface area (Å²) in [4.78, 5) is 22.7. The van der Waals surface area contributed by atoms with Crippen LogP contribution < -0.4 is 5.32 Å². The molecule has 1 aromatic carbocycles. The van der Waals surface area contributed by atoms with E-state index in [2.05, 4.69) is 20.3 Å². The van der Waals surface area contributed by atoms with Gasteiger partial charge in [0.15, 0.2) is 0 Å². The molecule has 0 saturated carbocycles. The predicted molar refractivity (Wildman–Crippen MR) is 89.8 cm³/mol. The lowest BCUT2D eigenvalue weighted by atomic mass is 10.2. The van der Waals surface area contributed by atoms with Gasteiger partial charge in [-0.2, -0.15) is 0 Å². The fourth-order valence-corrected chi connectivity index (χ4v) is 2.42. The minimum Gasteiger partial charge on any atom is -0.469 e. The summed E-state index contributed by atoms with van der Waals surface area (Å²) in [5, 5.41) is 11.7. The summed E-state index contributed by atoms with van der Waals surface area (Å²) in [6.07, 6.45) is 4.69. The standard InChI is InChI=1S/C16H17N3O3S/c1-22-15(21)9-5-8-13(20)17-16-19-18-14(23-16)11-10-12-6-3-2-4-7-12/h2-4,6-7,10-11H,5,8-9H2,1H3,(H,17,19,20)/b11-10+. The molecule has 1 heterocycles. The predicted octanol–water partition coefficient (Wildman–Crippen LogP) is 2.99. The molecule has 2 aromatic rings. The van der Waals surface area contributed by atoms with Crippen LogP contribution in [-0.2, 0) is 14.3 Å². The van der Waals surface area contributed by atoms with Gasteiger partial charge in [0.2, 0.25) is 11.0 Å². The van der Waals surface area contributed by atoms with Gasteiger partial charge < -0.3 is 10.1 Å². The Balaban J connectivity index is 1.81. The van der Waals surface area contributed by atoms with Gasteiger partial charge in [-0.05, 0) is 18.1 Å². The SMILES string of the molecule is COC(=O)CCCC(=O)Nc1nnc(/C=C/c2ccccc2)s1. The highest BCUT2D eigenvalue weighted by atomic mass is 32.1. The zero-order valence-electron chi connectivity index (χ0n) is 12.7. The van der Waals surface area contributed by atoms with E-state index in [0.29, 0.717) is 16.6 Å². The molecule has 120 valence electrons. The van der Waals surface area contributed by atoms with Gasteiger partial charge in [-0.1, -0.05) is 47.7 Å². The van der Waals surface area contributed by atoms with Crippen molar-refractivity contribution in [1.82, 2.24) is 10.2 Å². The Morgan fingerprint density at radius 2 is 1.96 bits per heavy atom. The molecule has 1 aromatic heterocycles. The minimum absolute atomic E-state index is 0.191.